The summed E-state index contributed by atoms with van der Waals surface area (Å²) in [7, 11) is 0. The van der Waals surface area contributed by atoms with Crippen molar-refractivity contribution in [1.29, 1.82) is 0 Å². The first kappa shape index (κ1) is 11.1. The number of benzene rings is 1. The van der Waals surface area contributed by atoms with Gasteiger partial charge in [-0.2, -0.15) is 4.39 Å². The number of rotatable bonds is 3. The molecule has 1 aromatic carbocycles. The summed E-state index contributed by atoms with van der Waals surface area (Å²) in [5, 5.41) is 8.66. The summed E-state index contributed by atoms with van der Waals surface area (Å²) >= 11 is 11.2. The molecule has 1 aromatic rings. The molecule has 0 aliphatic rings. The second-order valence-electron chi connectivity index (χ2n) is 2.35. The van der Waals surface area contributed by atoms with Crippen molar-refractivity contribution >= 4 is 29.2 Å². The van der Waals surface area contributed by atoms with Crippen LogP contribution in [0.2, 0.25) is 10.0 Å². The van der Waals surface area contributed by atoms with Crippen LogP contribution in [0.15, 0.2) is 18.2 Å². The van der Waals surface area contributed by atoms with Crippen LogP contribution in [0, 0.1) is 0 Å². The number of aliphatic carboxylic acids is 1. The number of ether oxygens (including phenoxy) is 1. The summed E-state index contributed by atoms with van der Waals surface area (Å²) < 4.78 is 16.9. The molecule has 0 saturated heterocycles. The van der Waals surface area contributed by atoms with Crippen molar-refractivity contribution in [2.24, 2.45) is 0 Å². The molecule has 1 unspecified atom stereocenters. The molecule has 0 aliphatic carbocycles. The first-order valence-electron chi connectivity index (χ1n) is 3.49. The Morgan fingerprint density at radius 2 is 2.07 bits per heavy atom. The topological polar surface area (TPSA) is 46.5 Å². The summed E-state index contributed by atoms with van der Waals surface area (Å²) in [5.74, 6) is -1.69. The van der Waals surface area contributed by atoms with Gasteiger partial charge in [0.1, 0.15) is 5.75 Å². The van der Waals surface area contributed by atoms with Crippen LogP contribution in [0.3, 0.4) is 0 Å². The van der Waals surface area contributed by atoms with Crippen LogP contribution in [0.4, 0.5) is 4.39 Å². The molecule has 0 bridgehead atoms. The minimum atomic E-state index is -2.41. The van der Waals surface area contributed by atoms with Crippen molar-refractivity contribution < 1.29 is 19.0 Å². The Hall–Kier alpha value is -1.000. The number of carboxylic acids is 1. The van der Waals surface area contributed by atoms with Gasteiger partial charge in [-0.1, -0.05) is 23.2 Å². The van der Waals surface area contributed by atoms with Gasteiger partial charge in [0, 0.05) is 6.07 Å². The second-order valence-corrected chi connectivity index (χ2v) is 3.16. The molecule has 0 aromatic heterocycles. The first-order chi connectivity index (χ1) is 6.50. The maximum atomic E-state index is 12.5. The third-order valence-electron chi connectivity index (χ3n) is 1.32. The Balaban J connectivity index is 2.78. The van der Waals surface area contributed by atoms with Crippen LogP contribution in [0.1, 0.15) is 0 Å². The van der Waals surface area contributed by atoms with Crippen LogP contribution in [-0.4, -0.2) is 17.4 Å². The summed E-state index contributed by atoms with van der Waals surface area (Å²) in [4.78, 5) is 10.1. The summed E-state index contributed by atoms with van der Waals surface area (Å²) in [6, 6.07) is 3.94. The lowest BCUT2D eigenvalue weighted by molar-refractivity contribution is -0.153. The van der Waals surface area contributed by atoms with Gasteiger partial charge in [0.15, 0.2) is 0 Å². The lowest BCUT2D eigenvalue weighted by Crippen LogP contribution is -2.21. The van der Waals surface area contributed by atoms with Gasteiger partial charge in [-0.25, -0.2) is 4.79 Å². The molecule has 0 fully saturated rings. The number of hydrogen-bond acceptors (Lipinski definition) is 2. The summed E-state index contributed by atoms with van der Waals surface area (Å²) in [5.41, 5.74) is 0. The SMILES string of the molecule is O=C(O)C(F)Oc1ccc(Cl)c(Cl)c1. The van der Waals surface area contributed by atoms with Gasteiger partial charge in [0.2, 0.25) is 0 Å². The van der Waals surface area contributed by atoms with Gasteiger partial charge in [-0.05, 0) is 12.1 Å². The fourth-order valence-corrected chi connectivity index (χ4v) is 1.01. The van der Waals surface area contributed by atoms with Gasteiger partial charge in [-0.3, -0.25) is 0 Å². The second kappa shape index (κ2) is 4.48. The molecule has 0 aliphatic heterocycles. The van der Waals surface area contributed by atoms with Crippen molar-refractivity contribution in [3.63, 3.8) is 0 Å². The Morgan fingerprint density at radius 3 is 2.57 bits per heavy atom. The number of halogens is 3. The van der Waals surface area contributed by atoms with Crippen LogP contribution >= 0.6 is 23.2 Å². The van der Waals surface area contributed by atoms with E-state index in [-0.39, 0.29) is 15.8 Å². The average molecular weight is 239 g/mol. The third kappa shape index (κ3) is 2.75. The van der Waals surface area contributed by atoms with Crippen molar-refractivity contribution in [1.82, 2.24) is 0 Å². The van der Waals surface area contributed by atoms with Crippen LogP contribution in [0.5, 0.6) is 5.75 Å². The maximum absolute atomic E-state index is 12.5. The Kier molecular flexibility index (Phi) is 3.55. The van der Waals surface area contributed by atoms with Crippen molar-refractivity contribution in [2.75, 3.05) is 0 Å². The third-order valence-corrected chi connectivity index (χ3v) is 2.06. The van der Waals surface area contributed by atoms with Gasteiger partial charge in [0.05, 0.1) is 10.0 Å². The molecule has 0 spiro atoms. The Bertz CT molecular complexity index is 356. The highest BCUT2D eigenvalue weighted by molar-refractivity contribution is 6.42. The van der Waals surface area contributed by atoms with E-state index in [0.717, 1.165) is 0 Å². The minimum absolute atomic E-state index is 0.00861. The molecule has 1 N–H and O–H groups in total. The Labute approximate surface area is 89.0 Å². The van der Waals surface area contributed by atoms with E-state index in [9.17, 15) is 9.18 Å². The van der Waals surface area contributed by atoms with E-state index in [4.69, 9.17) is 28.3 Å². The van der Waals surface area contributed by atoms with Crippen LogP contribution in [0.25, 0.3) is 0 Å². The maximum Gasteiger partial charge on any atom is 0.378 e. The summed E-state index contributed by atoms with van der Waals surface area (Å²) in [6.45, 7) is 0. The van der Waals surface area contributed by atoms with Gasteiger partial charge in [0.25, 0.3) is 0 Å². The highest BCUT2D eigenvalue weighted by Crippen LogP contribution is 2.26. The molecule has 0 heterocycles. The molecule has 0 amide bonds. The zero-order valence-electron chi connectivity index (χ0n) is 6.71. The number of alkyl halides is 1. The van der Waals surface area contributed by atoms with E-state index in [1.54, 1.807) is 0 Å². The normalized spacial score (nSPS) is 12.2. The highest BCUT2D eigenvalue weighted by Gasteiger charge is 2.17. The van der Waals surface area contributed by atoms with Gasteiger partial charge < -0.3 is 9.84 Å². The quantitative estimate of drug-likeness (QED) is 0.881. The van der Waals surface area contributed by atoms with E-state index in [0.29, 0.717) is 0 Å². The molecular weight excluding hydrogens is 234 g/mol. The smallest absolute Gasteiger partial charge is 0.378 e. The zero-order valence-corrected chi connectivity index (χ0v) is 8.22. The molecule has 0 saturated carbocycles. The lowest BCUT2D eigenvalue weighted by atomic mass is 10.3. The molecule has 3 nitrogen and oxygen atoms in total. The van der Waals surface area contributed by atoms with E-state index < -0.39 is 12.3 Å². The molecule has 1 rings (SSSR count). The molecule has 0 radical (unpaired) electrons. The highest BCUT2D eigenvalue weighted by atomic mass is 35.5. The summed E-state index contributed by atoms with van der Waals surface area (Å²) in [6.07, 6.45) is -2.41. The predicted octanol–water partition coefficient (Wildman–Crippen LogP) is 2.75. The van der Waals surface area contributed by atoms with E-state index in [2.05, 4.69) is 4.74 Å². The first-order valence-corrected chi connectivity index (χ1v) is 4.25. The van der Waals surface area contributed by atoms with Gasteiger partial charge >= 0.3 is 12.3 Å². The number of carbonyl (C=O) groups is 1. The molecular formula is C8H5Cl2FO3. The largest absolute Gasteiger partial charge is 0.476 e. The standard InChI is InChI=1S/C8H5Cl2FO3/c9-5-2-1-4(3-6(5)10)14-7(11)8(12)13/h1-3,7H,(H,12,13). The number of hydrogen-bond donors (Lipinski definition) is 1. The van der Waals surface area contributed by atoms with E-state index in [1.807, 2.05) is 0 Å². The fourth-order valence-electron chi connectivity index (χ4n) is 0.720. The zero-order chi connectivity index (χ0) is 10.7. The molecule has 76 valence electrons. The Morgan fingerprint density at radius 1 is 1.43 bits per heavy atom. The van der Waals surface area contributed by atoms with Gasteiger partial charge in [-0.15, -0.1) is 0 Å². The molecule has 14 heavy (non-hydrogen) atoms. The van der Waals surface area contributed by atoms with Crippen molar-refractivity contribution in [3.8, 4) is 5.75 Å². The van der Waals surface area contributed by atoms with E-state index in [1.165, 1.54) is 18.2 Å². The van der Waals surface area contributed by atoms with E-state index >= 15 is 0 Å². The lowest BCUT2D eigenvalue weighted by Gasteiger charge is -2.07. The fraction of sp³-hybridized carbons (Fsp3) is 0.125. The van der Waals surface area contributed by atoms with Crippen LogP contribution in [-0.2, 0) is 4.79 Å². The minimum Gasteiger partial charge on any atom is -0.476 e. The molecule has 1 atom stereocenters. The van der Waals surface area contributed by atoms with Crippen LogP contribution < -0.4 is 4.74 Å². The average Bonchev–Trinajstić information content (AvgIpc) is 2.11. The van der Waals surface area contributed by atoms with Crippen molar-refractivity contribution in [3.05, 3.63) is 28.2 Å². The van der Waals surface area contributed by atoms with Crippen molar-refractivity contribution in [2.45, 2.75) is 6.36 Å². The predicted molar refractivity (Wildman–Crippen MR) is 49.6 cm³/mol. The molecule has 6 heteroatoms. The monoisotopic (exact) mass is 238 g/mol. The number of carboxylic acid groups (broad SMARTS) is 1.